The smallest absolute Gasteiger partial charge is 0.330 e. The van der Waals surface area contributed by atoms with Gasteiger partial charge in [0.15, 0.2) is 6.04 Å². The number of halogens is 1. The van der Waals surface area contributed by atoms with Crippen LogP contribution in [0, 0.1) is 0 Å². The van der Waals surface area contributed by atoms with Gasteiger partial charge in [-0.3, -0.25) is 4.79 Å². The number of benzene rings is 2. The summed E-state index contributed by atoms with van der Waals surface area (Å²) < 4.78 is 58.4. The minimum absolute atomic E-state index is 0.0205. The van der Waals surface area contributed by atoms with Crippen LogP contribution in [0.3, 0.4) is 0 Å². The number of hydrogen-bond acceptors (Lipinski definition) is 12. The van der Waals surface area contributed by atoms with Crippen molar-refractivity contribution in [3.63, 3.8) is 0 Å². The van der Waals surface area contributed by atoms with Gasteiger partial charge in [-0.1, -0.05) is 17.3 Å². The zero-order valence-electron chi connectivity index (χ0n) is 22.3. The van der Waals surface area contributed by atoms with Gasteiger partial charge in [0, 0.05) is 0 Å². The Labute approximate surface area is 243 Å². The number of primary sulfonamides is 1. The van der Waals surface area contributed by atoms with Gasteiger partial charge in [0.2, 0.25) is 10.2 Å². The van der Waals surface area contributed by atoms with E-state index in [-0.39, 0.29) is 37.3 Å². The van der Waals surface area contributed by atoms with E-state index in [9.17, 15) is 22.4 Å². The number of amides is 1. The van der Waals surface area contributed by atoms with Gasteiger partial charge in [0.05, 0.1) is 36.7 Å². The predicted octanol–water partition coefficient (Wildman–Crippen LogP) is 1.34. The molecule has 17 heteroatoms. The van der Waals surface area contributed by atoms with Crippen molar-refractivity contribution < 1.29 is 41.3 Å². The standard InChI is InChI=1S/C25H27FN6O8S2/c1-37-24(34)21(15-38-13-16-3-2-4-18(9-16)39-8-7-26)28-23(33)12-32-11-17(30-31-32)14-40-19-5-6-20-22(10-19)41-25(29-20)42(27,35)36/h2-6,9-11,21H,7-8,12-15H2,1H3,(H,28,33)(H2,27,35,36). The van der Waals surface area contributed by atoms with Gasteiger partial charge in [-0.05, 0) is 35.9 Å². The Morgan fingerprint density at radius 3 is 2.71 bits per heavy atom. The first-order valence-electron chi connectivity index (χ1n) is 12.3. The average molecular weight is 623 g/mol. The molecule has 1 unspecified atom stereocenters. The lowest BCUT2D eigenvalue weighted by molar-refractivity contribution is -0.147. The van der Waals surface area contributed by atoms with Crippen LogP contribution in [0.1, 0.15) is 11.3 Å². The predicted molar refractivity (Wildman–Crippen MR) is 147 cm³/mol. The highest BCUT2D eigenvalue weighted by atomic mass is 32.2. The molecule has 0 aliphatic rings. The molecule has 1 amide bonds. The summed E-state index contributed by atoms with van der Waals surface area (Å²) in [5.74, 6) is -0.289. The number of nitrogens with zero attached hydrogens (tertiary/aromatic N) is 4. The zero-order chi connectivity index (χ0) is 30.1. The van der Waals surface area contributed by atoms with E-state index in [4.69, 9.17) is 24.1 Å². The Hall–Kier alpha value is -4.19. The maximum absolute atomic E-state index is 12.6. The number of fused-ring (bicyclic) bond motifs is 1. The number of methoxy groups -OCH3 is 1. The fourth-order valence-electron chi connectivity index (χ4n) is 3.61. The van der Waals surface area contributed by atoms with Crippen molar-refractivity contribution in [1.29, 1.82) is 0 Å². The van der Waals surface area contributed by atoms with Gasteiger partial charge in [0.25, 0.3) is 10.0 Å². The highest BCUT2D eigenvalue weighted by molar-refractivity contribution is 7.91. The molecule has 14 nitrogen and oxygen atoms in total. The third-order valence-corrected chi connectivity index (χ3v) is 7.82. The first kappa shape index (κ1) is 30.8. The lowest BCUT2D eigenvalue weighted by atomic mass is 10.2. The van der Waals surface area contributed by atoms with Crippen LogP contribution in [-0.2, 0) is 48.8 Å². The maximum Gasteiger partial charge on any atom is 0.330 e. The second kappa shape index (κ2) is 14.1. The van der Waals surface area contributed by atoms with Crippen molar-refractivity contribution in [2.75, 3.05) is 27.0 Å². The third kappa shape index (κ3) is 8.65. The minimum Gasteiger partial charge on any atom is -0.491 e. The Balaban J connectivity index is 1.27. The molecule has 2 heterocycles. The monoisotopic (exact) mass is 622 g/mol. The molecule has 0 fully saturated rings. The number of nitrogens with two attached hydrogens (primary N) is 1. The number of nitrogens with one attached hydrogen (secondary N) is 1. The molecule has 3 N–H and O–H groups in total. The number of esters is 1. The molecule has 4 rings (SSSR count). The molecule has 2 aromatic carbocycles. The third-order valence-electron chi connectivity index (χ3n) is 5.48. The number of rotatable bonds is 15. The average Bonchev–Trinajstić information content (AvgIpc) is 3.61. The van der Waals surface area contributed by atoms with Gasteiger partial charge in [0.1, 0.15) is 43.6 Å². The summed E-state index contributed by atoms with van der Waals surface area (Å²) in [6.45, 7) is -0.927. The van der Waals surface area contributed by atoms with Crippen molar-refractivity contribution in [3.05, 3.63) is 59.9 Å². The Morgan fingerprint density at radius 1 is 1.14 bits per heavy atom. The molecule has 0 saturated heterocycles. The first-order valence-corrected chi connectivity index (χ1v) is 14.7. The van der Waals surface area contributed by atoms with Crippen LogP contribution in [0.5, 0.6) is 11.5 Å². The van der Waals surface area contributed by atoms with E-state index in [1.165, 1.54) is 18.0 Å². The van der Waals surface area contributed by atoms with Gasteiger partial charge in [-0.2, -0.15) is 0 Å². The van der Waals surface area contributed by atoms with Crippen molar-refractivity contribution in [2.45, 2.75) is 30.1 Å². The Bertz CT molecular complexity index is 1640. The number of aromatic nitrogens is 4. The summed E-state index contributed by atoms with van der Waals surface area (Å²) >= 11 is 0.927. The van der Waals surface area contributed by atoms with E-state index in [0.717, 1.165) is 16.9 Å². The van der Waals surface area contributed by atoms with Gasteiger partial charge < -0.3 is 24.3 Å². The molecule has 0 bridgehead atoms. The van der Waals surface area contributed by atoms with Crippen LogP contribution in [0.4, 0.5) is 4.39 Å². The highest BCUT2D eigenvalue weighted by Gasteiger charge is 2.22. The van der Waals surface area contributed by atoms with Gasteiger partial charge in [-0.25, -0.2) is 32.4 Å². The van der Waals surface area contributed by atoms with Crippen LogP contribution in [0.25, 0.3) is 10.2 Å². The SMILES string of the molecule is COC(=O)C(COCc1cccc(OCCF)c1)NC(=O)Cn1cc(COc2ccc3nc(S(N)(=O)=O)sc3c2)nn1. The second-order valence-electron chi connectivity index (χ2n) is 8.69. The molecule has 0 aliphatic carbocycles. The molecular formula is C25H27FN6O8S2. The molecule has 2 aromatic heterocycles. The van der Waals surface area contributed by atoms with E-state index in [1.54, 1.807) is 42.5 Å². The van der Waals surface area contributed by atoms with E-state index in [2.05, 4.69) is 20.6 Å². The van der Waals surface area contributed by atoms with Crippen LogP contribution in [0.2, 0.25) is 0 Å². The largest absolute Gasteiger partial charge is 0.491 e. The van der Waals surface area contributed by atoms with Crippen molar-refractivity contribution in [1.82, 2.24) is 25.3 Å². The molecule has 1 atom stereocenters. The normalized spacial score (nSPS) is 12.2. The van der Waals surface area contributed by atoms with E-state index in [0.29, 0.717) is 27.4 Å². The number of carbonyl (C=O) groups is 2. The fraction of sp³-hybridized carbons (Fsp3) is 0.320. The lowest BCUT2D eigenvalue weighted by Crippen LogP contribution is -2.45. The van der Waals surface area contributed by atoms with Gasteiger partial charge in [-0.15, -0.1) is 16.4 Å². The number of thiazole rings is 1. The van der Waals surface area contributed by atoms with Crippen LogP contribution in [-0.4, -0.2) is 73.3 Å². The minimum atomic E-state index is -3.91. The molecule has 0 spiro atoms. The van der Waals surface area contributed by atoms with E-state index in [1.807, 2.05) is 0 Å². The Morgan fingerprint density at radius 2 is 1.95 bits per heavy atom. The summed E-state index contributed by atoms with van der Waals surface area (Å²) in [7, 11) is -2.71. The number of ether oxygens (including phenoxy) is 4. The van der Waals surface area contributed by atoms with Crippen molar-refractivity contribution >= 4 is 43.5 Å². The lowest BCUT2D eigenvalue weighted by Gasteiger charge is -2.17. The summed E-state index contributed by atoms with van der Waals surface area (Å²) in [6, 6.07) is 10.7. The second-order valence-corrected chi connectivity index (χ2v) is 11.5. The number of alkyl halides is 1. The number of sulfonamides is 1. The quantitative estimate of drug-likeness (QED) is 0.182. The van der Waals surface area contributed by atoms with Crippen molar-refractivity contribution in [3.8, 4) is 11.5 Å². The van der Waals surface area contributed by atoms with E-state index >= 15 is 0 Å². The summed E-state index contributed by atoms with van der Waals surface area (Å²) in [4.78, 5) is 28.8. The highest BCUT2D eigenvalue weighted by Crippen LogP contribution is 2.28. The summed E-state index contributed by atoms with van der Waals surface area (Å²) in [6.07, 6.45) is 1.51. The van der Waals surface area contributed by atoms with Crippen LogP contribution < -0.4 is 19.9 Å². The molecule has 0 radical (unpaired) electrons. The summed E-state index contributed by atoms with van der Waals surface area (Å²) in [5.41, 5.74) is 1.62. The molecule has 4 aromatic rings. The Kier molecular flexibility index (Phi) is 10.3. The topological polar surface area (TPSA) is 187 Å². The van der Waals surface area contributed by atoms with Crippen molar-refractivity contribution in [2.24, 2.45) is 5.14 Å². The summed E-state index contributed by atoms with van der Waals surface area (Å²) in [5, 5.41) is 15.6. The van der Waals surface area contributed by atoms with Crippen LogP contribution in [0.15, 0.2) is 53.0 Å². The molecule has 0 saturated carbocycles. The number of hydrogen-bond donors (Lipinski definition) is 2. The fourth-order valence-corrected chi connectivity index (χ4v) is 5.29. The number of carbonyl (C=O) groups excluding carboxylic acids is 2. The van der Waals surface area contributed by atoms with Crippen LogP contribution >= 0.6 is 11.3 Å². The van der Waals surface area contributed by atoms with Gasteiger partial charge >= 0.3 is 5.97 Å². The molecule has 42 heavy (non-hydrogen) atoms. The molecule has 224 valence electrons. The van der Waals surface area contributed by atoms with E-state index < -0.39 is 34.6 Å². The molecular weight excluding hydrogens is 595 g/mol. The zero-order valence-corrected chi connectivity index (χ0v) is 23.9. The first-order chi connectivity index (χ1) is 20.1. The maximum atomic E-state index is 12.6. The molecule has 0 aliphatic heterocycles.